The fourth-order valence-corrected chi connectivity index (χ4v) is 2.24. The molecule has 1 N–H and O–H groups in total. The predicted octanol–water partition coefficient (Wildman–Crippen LogP) is 3.17. The minimum Gasteiger partial charge on any atom is -0.461 e. The third kappa shape index (κ3) is 3.87. The van der Waals surface area contributed by atoms with E-state index >= 15 is 0 Å². The zero-order valence-corrected chi connectivity index (χ0v) is 13.5. The lowest BCUT2D eigenvalue weighted by Gasteiger charge is -2.04. The van der Waals surface area contributed by atoms with Crippen molar-refractivity contribution in [2.24, 2.45) is 0 Å². The van der Waals surface area contributed by atoms with Crippen molar-refractivity contribution in [2.45, 2.75) is 32.2 Å². The zero-order valence-electron chi connectivity index (χ0n) is 12.7. The number of hydrogen-bond acceptors (Lipinski definition) is 5. The summed E-state index contributed by atoms with van der Waals surface area (Å²) in [5, 5.41) is 8.29. The Kier molecular flexibility index (Phi) is 5.57. The largest absolute Gasteiger partial charge is 0.461 e. The lowest BCUT2D eigenvalue weighted by molar-refractivity contribution is 0.368. The molecular formula is C16H20ClN3O2. The van der Waals surface area contributed by atoms with Crippen LogP contribution in [0.2, 0.25) is 0 Å². The summed E-state index contributed by atoms with van der Waals surface area (Å²) < 4.78 is 11.1. The molecule has 0 radical (unpaired) electrons. The Morgan fingerprint density at radius 3 is 2.82 bits per heavy atom. The number of benzene rings is 1. The number of hydrogen-bond donors (Lipinski definition) is 1. The van der Waals surface area contributed by atoms with Gasteiger partial charge in [0.05, 0.1) is 0 Å². The lowest BCUT2D eigenvalue weighted by atomic mass is 10.2. The van der Waals surface area contributed by atoms with Crippen LogP contribution in [0.3, 0.4) is 0 Å². The van der Waals surface area contributed by atoms with Crippen LogP contribution in [0.4, 0.5) is 0 Å². The summed E-state index contributed by atoms with van der Waals surface area (Å²) in [6.07, 6.45) is 2.23. The monoisotopic (exact) mass is 321 g/mol. The molecule has 0 bridgehead atoms. The molecule has 3 rings (SSSR count). The Labute approximate surface area is 135 Å². The summed E-state index contributed by atoms with van der Waals surface area (Å²) in [7, 11) is 1.92. The van der Waals surface area contributed by atoms with E-state index in [1.165, 1.54) is 0 Å². The molecule has 5 nitrogen and oxygen atoms in total. The van der Waals surface area contributed by atoms with Gasteiger partial charge in [-0.15, -0.1) is 12.4 Å². The van der Waals surface area contributed by atoms with Gasteiger partial charge in [0, 0.05) is 30.7 Å². The number of aromatic nitrogens is 2. The highest BCUT2D eigenvalue weighted by Gasteiger charge is 2.10. The maximum absolute atomic E-state index is 5.78. The third-order valence-electron chi connectivity index (χ3n) is 3.55. The average Bonchev–Trinajstić information content (AvgIpc) is 3.10. The van der Waals surface area contributed by atoms with Crippen LogP contribution in [0, 0.1) is 0 Å². The van der Waals surface area contributed by atoms with Gasteiger partial charge < -0.3 is 14.3 Å². The molecule has 1 aromatic carbocycles. The van der Waals surface area contributed by atoms with Crippen LogP contribution in [0.1, 0.15) is 24.4 Å². The standard InChI is InChI=1S/C16H19N3O2.ClH/c1-11(17-2)9-15-18-16(21-19-15)8-7-13-10-12-5-3-4-6-14(12)20-13;/h3-6,10-11,17H,7-9H2,1-2H3;1H. The fraction of sp³-hybridized carbons (Fsp3) is 0.375. The second-order valence-electron chi connectivity index (χ2n) is 5.25. The van der Waals surface area contributed by atoms with E-state index in [0.29, 0.717) is 18.4 Å². The number of fused-ring (bicyclic) bond motifs is 1. The Morgan fingerprint density at radius 2 is 2.05 bits per heavy atom. The van der Waals surface area contributed by atoms with E-state index in [4.69, 9.17) is 8.94 Å². The number of likely N-dealkylation sites (N-methyl/N-ethyl adjacent to an activating group) is 1. The van der Waals surface area contributed by atoms with Crippen molar-refractivity contribution in [2.75, 3.05) is 7.05 Å². The molecule has 0 spiro atoms. The van der Waals surface area contributed by atoms with E-state index in [1.807, 2.05) is 31.3 Å². The van der Waals surface area contributed by atoms with Gasteiger partial charge in [-0.05, 0) is 26.1 Å². The van der Waals surface area contributed by atoms with E-state index in [2.05, 4.69) is 28.4 Å². The van der Waals surface area contributed by atoms with Gasteiger partial charge >= 0.3 is 0 Å². The number of nitrogens with one attached hydrogen (secondary N) is 1. The summed E-state index contributed by atoms with van der Waals surface area (Å²) in [5.74, 6) is 2.35. The Bertz CT molecular complexity index is 690. The smallest absolute Gasteiger partial charge is 0.227 e. The zero-order chi connectivity index (χ0) is 14.7. The van der Waals surface area contributed by atoms with Crippen molar-refractivity contribution in [3.05, 3.63) is 47.8 Å². The first-order valence-electron chi connectivity index (χ1n) is 7.21. The fourth-order valence-electron chi connectivity index (χ4n) is 2.24. The van der Waals surface area contributed by atoms with Crippen LogP contribution in [0.5, 0.6) is 0 Å². The van der Waals surface area contributed by atoms with Gasteiger partial charge in [0.25, 0.3) is 0 Å². The first-order chi connectivity index (χ1) is 10.2. The van der Waals surface area contributed by atoms with Gasteiger partial charge in [-0.1, -0.05) is 23.4 Å². The molecule has 1 atom stereocenters. The minimum atomic E-state index is 0. The maximum atomic E-state index is 5.78. The van der Waals surface area contributed by atoms with Crippen LogP contribution >= 0.6 is 12.4 Å². The molecule has 0 aliphatic rings. The highest BCUT2D eigenvalue weighted by atomic mass is 35.5. The number of halogens is 1. The lowest BCUT2D eigenvalue weighted by Crippen LogP contribution is -2.24. The van der Waals surface area contributed by atoms with Gasteiger partial charge in [-0.25, -0.2) is 0 Å². The van der Waals surface area contributed by atoms with Crippen LogP contribution < -0.4 is 5.32 Å². The van der Waals surface area contributed by atoms with E-state index in [-0.39, 0.29) is 12.4 Å². The number of nitrogens with zero attached hydrogens (tertiary/aromatic N) is 2. The molecule has 6 heteroatoms. The number of furan rings is 1. The van der Waals surface area contributed by atoms with Gasteiger partial charge in [0.15, 0.2) is 5.82 Å². The van der Waals surface area contributed by atoms with Crippen molar-refractivity contribution in [1.82, 2.24) is 15.5 Å². The Morgan fingerprint density at radius 1 is 1.23 bits per heavy atom. The van der Waals surface area contributed by atoms with Crippen molar-refractivity contribution >= 4 is 23.4 Å². The summed E-state index contributed by atoms with van der Waals surface area (Å²) in [6.45, 7) is 2.09. The van der Waals surface area contributed by atoms with Gasteiger partial charge in [-0.2, -0.15) is 4.98 Å². The molecule has 0 aliphatic heterocycles. The second kappa shape index (κ2) is 7.42. The highest BCUT2D eigenvalue weighted by molar-refractivity contribution is 5.85. The van der Waals surface area contributed by atoms with E-state index in [1.54, 1.807) is 0 Å². The Balaban J connectivity index is 0.00000176. The molecular weight excluding hydrogens is 302 g/mol. The van der Waals surface area contributed by atoms with Crippen LogP contribution in [-0.2, 0) is 19.3 Å². The molecule has 0 saturated carbocycles. The molecule has 0 saturated heterocycles. The van der Waals surface area contributed by atoms with Crippen LogP contribution in [-0.4, -0.2) is 23.2 Å². The third-order valence-corrected chi connectivity index (χ3v) is 3.55. The number of aryl methyl sites for hydroxylation is 2. The minimum absolute atomic E-state index is 0. The summed E-state index contributed by atoms with van der Waals surface area (Å²) >= 11 is 0. The van der Waals surface area contributed by atoms with Gasteiger partial charge in [-0.3, -0.25) is 0 Å². The van der Waals surface area contributed by atoms with Crippen LogP contribution in [0.15, 0.2) is 39.3 Å². The van der Waals surface area contributed by atoms with Crippen molar-refractivity contribution in [3.8, 4) is 0 Å². The normalized spacial score (nSPS) is 12.3. The molecule has 118 valence electrons. The molecule has 1 unspecified atom stereocenters. The first kappa shape index (κ1) is 16.5. The Hall–Kier alpha value is -1.85. The molecule has 0 aliphatic carbocycles. The summed E-state index contributed by atoms with van der Waals surface area (Å²) in [6, 6.07) is 10.4. The van der Waals surface area contributed by atoms with E-state index in [9.17, 15) is 0 Å². The summed E-state index contributed by atoms with van der Waals surface area (Å²) in [4.78, 5) is 4.41. The second-order valence-corrected chi connectivity index (χ2v) is 5.25. The van der Waals surface area contributed by atoms with Crippen molar-refractivity contribution < 1.29 is 8.94 Å². The highest BCUT2D eigenvalue weighted by Crippen LogP contribution is 2.19. The molecule has 0 fully saturated rings. The molecule has 3 aromatic rings. The molecule has 2 heterocycles. The first-order valence-corrected chi connectivity index (χ1v) is 7.21. The SMILES string of the molecule is CNC(C)Cc1noc(CCc2cc3ccccc3o2)n1.Cl. The molecule has 22 heavy (non-hydrogen) atoms. The quantitative estimate of drug-likeness (QED) is 0.755. The van der Waals surface area contributed by atoms with Gasteiger partial charge in [0.2, 0.25) is 5.89 Å². The van der Waals surface area contributed by atoms with Crippen molar-refractivity contribution in [3.63, 3.8) is 0 Å². The van der Waals surface area contributed by atoms with E-state index < -0.39 is 0 Å². The molecule has 2 aromatic heterocycles. The summed E-state index contributed by atoms with van der Waals surface area (Å²) in [5.41, 5.74) is 0.918. The number of rotatable bonds is 6. The average molecular weight is 322 g/mol. The topological polar surface area (TPSA) is 64.1 Å². The van der Waals surface area contributed by atoms with E-state index in [0.717, 1.165) is 35.4 Å². The van der Waals surface area contributed by atoms with Gasteiger partial charge in [0.1, 0.15) is 11.3 Å². The predicted molar refractivity (Wildman–Crippen MR) is 87.4 cm³/mol. The number of para-hydroxylation sites is 1. The van der Waals surface area contributed by atoms with Crippen LogP contribution in [0.25, 0.3) is 11.0 Å². The maximum Gasteiger partial charge on any atom is 0.227 e. The van der Waals surface area contributed by atoms with Crippen molar-refractivity contribution in [1.29, 1.82) is 0 Å². The molecule has 0 amide bonds.